The van der Waals surface area contributed by atoms with Gasteiger partial charge in [0.15, 0.2) is 0 Å². The number of pyridine rings is 1. The van der Waals surface area contributed by atoms with Crippen LogP contribution in [0.5, 0.6) is 0 Å². The van der Waals surface area contributed by atoms with E-state index in [0.717, 1.165) is 11.9 Å². The molecule has 1 heterocycles. The van der Waals surface area contributed by atoms with Crippen LogP contribution in [0.25, 0.3) is 10.9 Å². The molecule has 2 aromatic rings. The van der Waals surface area contributed by atoms with Crippen molar-refractivity contribution in [1.82, 2.24) is 4.98 Å². The largest absolute Gasteiger partial charge is 0.329 e. The van der Waals surface area contributed by atoms with E-state index in [1.54, 1.807) is 0 Å². The predicted molar refractivity (Wildman–Crippen MR) is 83.4 cm³/mol. The first-order chi connectivity index (χ1) is 9.79. The number of hydrogen-bond acceptors (Lipinski definition) is 3. The predicted octanol–water partition coefficient (Wildman–Crippen LogP) is 2.28. The molecule has 0 bridgehead atoms. The van der Waals surface area contributed by atoms with Crippen molar-refractivity contribution < 1.29 is 0 Å². The lowest BCUT2D eigenvalue weighted by Crippen LogP contribution is -2.34. The maximum atomic E-state index is 6.12. The summed E-state index contributed by atoms with van der Waals surface area (Å²) in [5.41, 5.74) is 15.1. The molecule has 0 fully saturated rings. The normalized spacial score (nSPS) is 22.0. The lowest BCUT2D eigenvalue weighted by molar-refractivity contribution is 0.551. The minimum Gasteiger partial charge on any atom is -0.329 e. The number of rotatable bonds is 3. The van der Waals surface area contributed by atoms with Crippen LogP contribution >= 0.6 is 0 Å². The van der Waals surface area contributed by atoms with Gasteiger partial charge in [-0.15, -0.1) is 0 Å². The molecule has 3 heteroatoms. The third-order valence-electron chi connectivity index (χ3n) is 4.13. The number of allylic oxidation sites excluding steroid dienone is 1. The summed E-state index contributed by atoms with van der Waals surface area (Å²) in [4.78, 5) is 4.43. The summed E-state index contributed by atoms with van der Waals surface area (Å²) in [6, 6.07) is 10.3. The Morgan fingerprint density at radius 2 is 2.05 bits per heavy atom. The van der Waals surface area contributed by atoms with Crippen LogP contribution in [0.1, 0.15) is 12.0 Å². The molecule has 1 unspecified atom stereocenters. The van der Waals surface area contributed by atoms with Crippen LogP contribution in [0.4, 0.5) is 0 Å². The number of aromatic nitrogens is 1. The third-order valence-corrected chi connectivity index (χ3v) is 4.13. The van der Waals surface area contributed by atoms with Crippen LogP contribution in [-0.2, 0) is 5.41 Å². The molecule has 1 aliphatic rings. The Labute approximate surface area is 119 Å². The Morgan fingerprint density at radius 1 is 1.15 bits per heavy atom. The van der Waals surface area contributed by atoms with E-state index in [1.165, 1.54) is 16.5 Å². The fourth-order valence-corrected chi connectivity index (χ4v) is 2.87. The van der Waals surface area contributed by atoms with Gasteiger partial charge in [0.2, 0.25) is 0 Å². The molecule has 1 aromatic heterocycles. The van der Waals surface area contributed by atoms with Gasteiger partial charge in [-0.1, -0.05) is 36.4 Å². The smallest absolute Gasteiger partial charge is 0.0705 e. The van der Waals surface area contributed by atoms with Gasteiger partial charge < -0.3 is 11.5 Å². The zero-order valence-electron chi connectivity index (χ0n) is 11.4. The fourth-order valence-electron chi connectivity index (χ4n) is 2.87. The van der Waals surface area contributed by atoms with Gasteiger partial charge in [0.1, 0.15) is 0 Å². The molecule has 1 aromatic carbocycles. The summed E-state index contributed by atoms with van der Waals surface area (Å²) in [6.45, 7) is 1.15. The first-order valence-electron chi connectivity index (χ1n) is 6.92. The molecule has 20 heavy (non-hydrogen) atoms. The molecule has 102 valence electrons. The second-order valence-electron chi connectivity index (χ2n) is 5.26. The highest BCUT2D eigenvalue weighted by Crippen LogP contribution is 2.36. The number of hydrogen-bond donors (Lipinski definition) is 2. The highest BCUT2D eigenvalue weighted by atomic mass is 14.7. The van der Waals surface area contributed by atoms with Gasteiger partial charge in [0.05, 0.1) is 5.52 Å². The van der Waals surface area contributed by atoms with Crippen LogP contribution in [0.2, 0.25) is 0 Å². The summed E-state index contributed by atoms with van der Waals surface area (Å²) in [7, 11) is 0. The molecule has 0 spiro atoms. The van der Waals surface area contributed by atoms with E-state index in [9.17, 15) is 0 Å². The number of benzene rings is 1. The average molecular weight is 265 g/mol. The molecule has 1 aliphatic carbocycles. The van der Waals surface area contributed by atoms with Gasteiger partial charge in [-0.25, -0.2) is 0 Å². The molecule has 0 aliphatic heterocycles. The van der Waals surface area contributed by atoms with Crippen molar-refractivity contribution in [1.29, 1.82) is 0 Å². The Bertz CT molecular complexity index is 682. The van der Waals surface area contributed by atoms with E-state index in [0.29, 0.717) is 13.1 Å². The molecule has 1 atom stereocenters. The third kappa shape index (κ3) is 2.05. The molecule has 0 saturated carbocycles. The monoisotopic (exact) mass is 265 g/mol. The van der Waals surface area contributed by atoms with Crippen molar-refractivity contribution in [2.75, 3.05) is 13.1 Å². The van der Waals surface area contributed by atoms with Crippen molar-refractivity contribution in [3.8, 4) is 0 Å². The molecule has 0 amide bonds. The van der Waals surface area contributed by atoms with Gasteiger partial charge in [0.25, 0.3) is 0 Å². The zero-order valence-corrected chi connectivity index (χ0v) is 11.4. The highest BCUT2D eigenvalue weighted by molar-refractivity contribution is 5.83. The topological polar surface area (TPSA) is 64.9 Å². The average Bonchev–Trinajstić information content (AvgIpc) is 2.54. The van der Waals surface area contributed by atoms with E-state index in [-0.39, 0.29) is 5.41 Å². The molecule has 3 rings (SSSR count). The Hall–Kier alpha value is -1.97. The van der Waals surface area contributed by atoms with Crippen molar-refractivity contribution in [3.05, 3.63) is 65.9 Å². The standard InChI is InChI=1S/C17H19N3/c18-11-13-6-8-17(12-19,9-7-13)15-4-1-5-16-14(15)3-2-10-20-16/h1-8,10H,9,11-12,18-19H2. The summed E-state index contributed by atoms with van der Waals surface area (Å²) in [5.74, 6) is 0. The molecule has 4 N–H and O–H groups in total. The summed E-state index contributed by atoms with van der Waals surface area (Å²) < 4.78 is 0. The second kappa shape index (κ2) is 5.19. The molecular formula is C17H19N3. The van der Waals surface area contributed by atoms with Gasteiger partial charge in [0, 0.05) is 30.1 Å². The number of fused-ring (bicyclic) bond motifs is 1. The van der Waals surface area contributed by atoms with Crippen LogP contribution in [-0.4, -0.2) is 18.1 Å². The first-order valence-corrected chi connectivity index (χ1v) is 6.92. The van der Waals surface area contributed by atoms with Gasteiger partial charge in [-0.2, -0.15) is 0 Å². The molecule has 0 saturated heterocycles. The SMILES string of the molecule is NCC1=CCC(CN)(c2cccc3ncccc23)C=C1. The lowest BCUT2D eigenvalue weighted by Gasteiger charge is -2.32. The van der Waals surface area contributed by atoms with E-state index < -0.39 is 0 Å². The van der Waals surface area contributed by atoms with Gasteiger partial charge in [-0.05, 0) is 29.7 Å². The summed E-state index contributed by atoms with van der Waals surface area (Å²) >= 11 is 0. The van der Waals surface area contributed by atoms with Crippen molar-refractivity contribution >= 4 is 10.9 Å². The second-order valence-corrected chi connectivity index (χ2v) is 5.26. The quantitative estimate of drug-likeness (QED) is 0.894. The Morgan fingerprint density at radius 3 is 2.75 bits per heavy atom. The zero-order chi connectivity index (χ0) is 14.0. The van der Waals surface area contributed by atoms with E-state index in [1.807, 2.05) is 18.3 Å². The molecule has 0 radical (unpaired) electrons. The van der Waals surface area contributed by atoms with Crippen LogP contribution in [0.15, 0.2) is 60.3 Å². The van der Waals surface area contributed by atoms with E-state index in [2.05, 4.69) is 41.4 Å². The van der Waals surface area contributed by atoms with E-state index >= 15 is 0 Å². The van der Waals surface area contributed by atoms with Crippen molar-refractivity contribution in [2.24, 2.45) is 11.5 Å². The first kappa shape index (κ1) is 13.0. The maximum absolute atomic E-state index is 6.12. The highest BCUT2D eigenvalue weighted by Gasteiger charge is 2.30. The molecular weight excluding hydrogens is 246 g/mol. The van der Waals surface area contributed by atoms with Crippen LogP contribution in [0, 0.1) is 0 Å². The lowest BCUT2D eigenvalue weighted by atomic mass is 9.73. The number of nitrogens with zero attached hydrogens (tertiary/aromatic N) is 1. The van der Waals surface area contributed by atoms with E-state index in [4.69, 9.17) is 11.5 Å². The molecule has 3 nitrogen and oxygen atoms in total. The van der Waals surface area contributed by atoms with Gasteiger partial charge >= 0.3 is 0 Å². The Kier molecular flexibility index (Phi) is 3.38. The minimum absolute atomic E-state index is 0.152. The van der Waals surface area contributed by atoms with Crippen molar-refractivity contribution in [3.63, 3.8) is 0 Å². The summed E-state index contributed by atoms with van der Waals surface area (Å²) in [5, 5.41) is 1.18. The van der Waals surface area contributed by atoms with Crippen molar-refractivity contribution in [2.45, 2.75) is 11.8 Å². The maximum Gasteiger partial charge on any atom is 0.0705 e. The Balaban J connectivity index is 2.14. The number of nitrogens with two attached hydrogens (primary N) is 2. The van der Waals surface area contributed by atoms with Crippen LogP contribution in [0.3, 0.4) is 0 Å². The summed E-state index contributed by atoms with van der Waals surface area (Å²) in [6.07, 6.45) is 9.22. The minimum atomic E-state index is -0.152. The fraction of sp³-hybridized carbons (Fsp3) is 0.235. The van der Waals surface area contributed by atoms with Gasteiger partial charge in [-0.3, -0.25) is 4.98 Å². The van der Waals surface area contributed by atoms with Crippen LogP contribution < -0.4 is 11.5 Å².